The van der Waals surface area contributed by atoms with Gasteiger partial charge >= 0.3 is 0 Å². The van der Waals surface area contributed by atoms with Gasteiger partial charge in [0.1, 0.15) is 24.1 Å². The molecule has 114 valence electrons. The molecule has 0 bridgehead atoms. The zero-order chi connectivity index (χ0) is 15.2. The Morgan fingerprint density at radius 1 is 1.33 bits per heavy atom. The molecule has 0 aromatic carbocycles. The van der Waals surface area contributed by atoms with Crippen LogP contribution in [-0.2, 0) is 13.8 Å². The zero-order valence-electron chi connectivity index (χ0n) is 10.2. The van der Waals surface area contributed by atoms with Crippen LogP contribution in [0.2, 0.25) is 0 Å². The molecule has 3 rings (SSSR count). The average Bonchev–Trinajstić information content (AvgIpc) is 2.94. The Bertz CT molecular complexity index is 702. The Labute approximate surface area is 117 Å². The number of hydrogen-bond acceptors (Lipinski definition) is 10. The molecule has 21 heavy (non-hydrogen) atoms. The minimum Gasteiger partial charge on any atom is -0.790 e. The number of ether oxygens (including phenoxy) is 1. The molecule has 0 amide bonds. The Hall–Kier alpha value is -1.46. The lowest BCUT2D eigenvalue weighted by atomic mass is 10.2. The lowest BCUT2D eigenvalue weighted by Gasteiger charge is -2.32. The van der Waals surface area contributed by atoms with E-state index in [0.29, 0.717) is 11.2 Å². The lowest BCUT2D eigenvalue weighted by molar-refractivity contribution is -0.354. The molecule has 0 aliphatic carbocycles. The Kier molecular flexibility index (Phi) is 3.50. The number of hydrogen-bond donors (Lipinski definition) is 2. The van der Waals surface area contributed by atoms with Crippen LogP contribution >= 0.6 is 7.82 Å². The number of nitrogens with zero attached hydrogens (tertiary/aromatic N) is 4. The van der Waals surface area contributed by atoms with Crippen molar-refractivity contribution in [2.24, 2.45) is 0 Å². The van der Waals surface area contributed by atoms with Gasteiger partial charge in [-0.1, -0.05) is 0 Å². The summed E-state index contributed by atoms with van der Waals surface area (Å²) in [6.45, 7) is 0. The van der Waals surface area contributed by atoms with E-state index in [9.17, 15) is 24.6 Å². The highest BCUT2D eigenvalue weighted by Gasteiger charge is 2.45. The molecule has 1 aliphatic rings. The first-order valence-electron chi connectivity index (χ1n) is 5.71. The number of aliphatic hydroxyl groups excluding tert-OH is 2. The molecular formula is C9H9N4O7P-2. The predicted octanol–water partition coefficient (Wildman–Crippen LogP) is -2.75. The quantitative estimate of drug-likeness (QED) is 0.566. The van der Waals surface area contributed by atoms with Gasteiger partial charge < -0.3 is 33.8 Å². The molecule has 12 heteroatoms. The van der Waals surface area contributed by atoms with Gasteiger partial charge in [-0.2, -0.15) is 0 Å². The molecule has 1 saturated heterocycles. The Morgan fingerprint density at radius 2 is 2.10 bits per heavy atom. The standard InChI is InChI=1S/C9H11N4O7P/c14-5-6(15)9(20-21(16,17)18)19-8(5)13-3-12-4-1-10-2-11-7(4)13/h1-3,5-6,8-9,14-15H,(H2,16,17,18)/p-2/t5-,6+,8?,9-/m1/s1. The van der Waals surface area contributed by atoms with Gasteiger partial charge in [-0.15, -0.1) is 0 Å². The van der Waals surface area contributed by atoms with Crippen molar-refractivity contribution < 1.29 is 33.8 Å². The van der Waals surface area contributed by atoms with Crippen LogP contribution in [0.1, 0.15) is 6.23 Å². The summed E-state index contributed by atoms with van der Waals surface area (Å²) in [5.41, 5.74) is 0.708. The number of rotatable bonds is 3. The van der Waals surface area contributed by atoms with E-state index in [4.69, 9.17) is 4.74 Å². The largest absolute Gasteiger partial charge is 0.790 e. The van der Waals surface area contributed by atoms with Crippen molar-refractivity contribution in [1.82, 2.24) is 19.5 Å². The number of fused-ring (bicyclic) bond motifs is 1. The minimum atomic E-state index is -5.38. The Morgan fingerprint density at radius 3 is 2.81 bits per heavy atom. The summed E-state index contributed by atoms with van der Waals surface area (Å²) in [5.74, 6) is 0. The maximum Gasteiger partial charge on any atom is 0.193 e. The summed E-state index contributed by atoms with van der Waals surface area (Å²) in [6.07, 6.45) is -2.32. The van der Waals surface area contributed by atoms with E-state index in [-0.39, 0.29) is 0 Å². The number of phosphoric acid groups is 1. The second-order valence-corrected chi connectivity index (χ2v) is 5.42. The van der Waals surface area contributed by atoms with Crippen molar-refractivity contribution in [1.29, 1.82) is 0 Å². The number of aliphatic hydroxyl groups is 2. The first-order valence-corrected chi connectivity index (χ1v) is 7.17. The molecule has 0 spiro atoms. The van der Waals surface area contributed by atoms with Crippen LogP contribution in [0.15, 0.2) is 18.9 Å². The molecule has 1 unspecified atom stereocenters. The summed E-state index contributed by atoms with van der Waals surface area (Å²) in [6, 6.07) is 0. The third-order valence-corrected chi connectivity index (χ3v) is 3.41. The van der Waals surface area contributed by atoms with Crippen LogP contribution < -0.4 is 9.79 Å². The van der Waals surface area contributed by atoms with Crippen molar-refractivity contribution in [3.05, 3.63) is 18.9 Å². The fraction of sp³-hybridized carbons (Fsp3) is 0.444. The summed E-state index contributed by atoms with van der Waals surface area (Å²) in [4.78, 5) is 32.8. The highest BCUT2D eigenvalue weighted by atomic mass is 31.2. The third kappa shape index (κ3) is 2.68. The van der Waals surface area contributed by atoms with E-state index in [1.54, 1.807) is 0 Å². The van der Waals surface area contributed by atoms with Crippen molar-refractivity contribution in [2.75, 3.05) is 0 Å². The monoisotopic (exact) mass is 316 g/mol. The van der Waals surface area contributed by atoms with E-state index in [0.717, 1.165) is 0 Å². The van der Waals surface area contributed by atoms with Crippen LogP contribution in [0, 0.1) is 0 Å². The van der Waals surface area contributed by atoms with Crippen LogP contribution in [-0.4, -0.2) is 48.2 Å². The maximum absolute atomic E-state index is 10.6. The van der Waals surface area contributed by atoms with E-state index in [2.05, 4.69) is 19.5 Å². The second kappa shape index (κ2) is 5.07. The smallest absolute Gasteiger partial charge is 0.193 e. The van der Waals surface area contributed by atoms with Gasteiger partial charge in [-0.3, -0.25) is 4.57 Å². The minimum absolute atomic E-state index is 0.300. The maximum atomic E-state index is 10.6. The van der Waals surface area contributed by atoms with E-state index in [1.807, 2.05) is 0 Å². The van der Waals surface area contributed by atoms with Gasteiger partial charge in [-0.05, 0) is 0 Å². The van der Waals surface area contributed by atoms with Gasteiger partial charge in [0.25, 0.3) is 0 Å². The van der Waals surface area contributed by atoms with Gasteiger partial charge in [0, 0.05) is 0 Å². The van der Waals surface area contributed by atoms with E-state index < -0.39 is 32.5 Å². The van der Waals surface area contributed by atoms with Crippen LogP contribution in [0.5, 0.6) is 0 Å². The molecule has 4 atom stereocenters. The number of aromatic nitrogens is 4. The average molecular weight is 316 g/mol. The highest BCUT2D eigenvalue weighted by molar-refractivity contribution is 7.43. The molecule has 2 aromatic heterocycles. The molecule has 0 saturated carbocycles. The molecule has 1 aliphatic heterocycles. The summed E-state index contributed by atoms with van der Waals surface area (Å²) >= 11 is 0. The first-order chi connectivity index (χ1) is 9.87. The fourth-order valence-electron chi connectivity index (χ4n) is 2.04. The predicted molar refractivity (Wildman–Crippen MR) is 59.9 cm³/mol. The normalized spacial score (nSPS) is 30.1. The zero-order valence-corrected chi connectivity index (χ0v) is 11.1. The van der Waals surface area contributed by atoms with Gasteiger partial charge in [0.2, 0.25) is 0 Å². The summed E-state index contributed by atoms with van der Waals surface area (Å²) in [7, 11) is -5.38. The highest BCUT2D eigenvalue weighted by Crippen LogP contribution is 2.38. The molecule has 0 radical (unpaired) electrons. The Balaban J connectivity index is 1.91. The second-order valence-electron chi connectivity index (χ2n) is 4.31. The fourth-order valence-corrected chi connectivity index (χ4v) is 2.47. The number of phosphoric ester groups is 1. The first kappa shape index (κ1) is 14.5. The third-order valence-electron chi connectivity index (χ3n) is 2.94. The van der Waals surface area contributed by atoms with E-state index in [1.165, 1.54) is 23.4 Å². The van der Waals surface area contributed by atoms with Gasteiger partial charge in [0.05, 0.1) is 20.3 Å². The molecular weight excluding hydrogens is 307 g/mol. The lowest BCUT2D eigenvalue weighted by Crippen LogP contribution is -2.34. The molecule has 3 heterocycles. The molecule has 1 fully saturated rings. The van der Waals surface area contributed by atoms with Crippen LogP contribution in [0.25, 0.3) is 11.2 Å². The molecule has 2 aromatic rings. The van der Waals surface area contributed by atoms with E-state index >= 15 is 0 Å². The van der Waals surface area contributed by atoms with Crippen LogP contribution in [0.3, 0.4) is 0 Å². The van der Waals surface area contributed by atoms with Crippen molar-refractivity contribution in [2.45, 2.75) is 24.7 Å². The molecule has 2 N–H and O–H groups in total. The summed E-state index contributed by atoms with van der Waals surface area (Å²) < 4.78 is 21.0. The van der Waals surface area contributed by atoms with Crippen molar-refractivity contribution in [3.63, 3.8) is 0 Å². The molecule has 11 nitrogen and oxygen atoms in total. The van der Waals surface area contributed by atoms with Crippen molar-refractivity contribution in [3.8, 4) is 0 Å². The SMILES string of the molecule is O=P([O-])([O-])O[C@H]1OC(n2cnc3cncnc32)[C@H](O)[C@@H]1O. The van der Waals surface area contributed by atoms with Crippen LogP contribution in [0.4, 0.5) is 0 Å². The topological polar surface area (TPSA) is 166 Å². The number of imidazole rings is 1. The summed E-state index contributed by atoms with van der Waals surface area (Å²) in [5, 5.41) is 19.6. The van der Waals surface area contributed by atoms with Gasteiger partial charge in [-0.25, -0.2) is 15.0 Å². The van der Waals surface area contributed by atoms with Crippen molar-refractivity contribution >= 4 is 19.0 Å². The van der Waals surface area contributed by atoms with Gasteiger partial charge in [0.15, 0.2) is 18.2 Å².